The minimum Gasteiger partial charge on any atom is -0.367 e. The Bertz CT molecular complexity index is 693. The van der Waals surface area contributed by atoms with E-state index < -0.39 is 0 Å². The third-order valence-corrected chi connectivity index (χ3v) is 4.09. The topological polar surface area (TPSA) is 58.9 Å². The van der Waals surface area contributed by atoms with E-state index in [-0.39, 0.29) is 0 Å². The molecule has 0 aliphatic rings. The highest BCUT2D eigenvalue weighted by Crippen LogP contribution is 2.21. The van der Waals surface area contributed by atoms with E-state index in [4.69, 9.17) is 0 Å². The molecule has 114 valence electrons. The Kier molecular flexibility index (Phi) is 4.45. The molecule has 3 heterocycles. The highest BCUT2D eigenvalue weighted by molar-refractivity contribution is 7.07. The van der Waals surface area contributed by atoms with Crippen molar-refractivity contribution in [3.8, 4) is 5.82 Å². The van der Waals surface area contributed by atoms with Gasteiger partial charge in [0.1, 0.15) is 5.82 Å². The molecule has 22 heavy (non-hydrogen) atoms. The van der Waals surface area contributed by atoms with E-state index in [9.17, 15) is 0 Å². The Balaban J connectivity index is 1.72. The van der Waals surface area contributed by atoms with Crippen molar-refractivity contribution in [2.24, 2.45) is 0 Å². The van der Waals surface area contributed by atoms with Gasteiger partial charge in [-0.2, -0.15) is 16.4 Å². The van der Waals surface area contributed by atoms with Crippen molar-refractivity contribution < 1.29 is 0 Å². The van der Waals surface area contributed by atoms with Crippen molar-refractivity contribution in [1.29, 1.82) is 0 Å². The van der Waals surface area contributed by atoms with Gasteiger partial charge in [0.15, 0.2) is 5.82 Å². The number of thiophene rings is 1. The van der Waals surface area contributed by atoms with Crippen molar-refractivity contribution in [1.82, 2.24) is 24.6 Å². The van der Waals surface area contributed by atoms with Crippen LogP contribution in [0.3, 0.4) is 0 Å². The number of anilines is 1. The van der Waals surface area contributed by atoms with Crippen LogP contribution in [0, 0.1) is 0 Å². The average Bonchev–Trinajstić information content (AvgIpc) is 3.21. The second kappa shape index (κ2) is 6.67. The van der Waals surface area contributed by atoms with Crippen LogP contribution < -0.4 is 5.32 Å². The molecule has 0 saturated carbocycles. The summed E-state index contributed by atoms with van der Waals surface area (Å²) in [5, 5.41) is 11.8. The Morgan fingerprint density at radius 2 is 2.27 bits per heavy atom. The molecule has 0 saturated heterocycles. The Labute approximate surface area is 133 Å². The number of hydrogen-bond donors (Lipinski definition) is 1. The molecule has 0 spiro atoms. The predicted octanol–water partition coefficient (Wildman–Crippen LogP) is 2.44. The van der Waals surface area contributed by atoms with E-state index in [1.807, 2.05) is 12.3 Å². The van der Waals surface area contributed by atoms with E-state index in [2.05, 4.69) is 56.2 Å². The zero-order valence-electron chi connectivity index (χ0n) is 12.5. The normalized spacial score (nSPS) is 12.5. The van der Waals surface area contributed by atoms with Crippen LogP contribution in [-0.2, 0) is 0 Å². The lowest BCUT2D eigenvalue weighted by molar-refractivity contribution is 0.312. The van der Waals surface area contributed by atoms with Crippen molar-refractivity contribution in [2.45, 2.75) is 6.04 Å². The van der Waals surface area contributed by atoms with Gasteiger partial charge < -0.3 is 10.2 Å². The number of nitrogens with one attached hydrogen (secondary N) is 1. The monoisotopic (exact) mass is 314 g/mol. The van der Waals surface area contributed by atoms with Crippen molar-refractivity contribution in [3.63, 3.8) is 0 Å². The summed E-state index contributed by atoms with van der Waals surface area (Å²) in [6.45, 7) is 0.765. The SMILES string of the molecule is CN(C)[C@H](CNc1cncc(-n2cccn2)n1)c1ccsc1. The molecule has 0 fully saturated rings. The fourth-order valence-electron chi connectivity index (χ4n) is 2.22. The summed E-state index contributed by atoms with van der Waals surface area (Å²) in [5.74, 6) is 1.45. The van der Waals surface area contributed by atoms with Crippen LogP contribution in [0.15, 0.2) is 47.7 Å². The lowest BCUT2D eigenvalue weighted by atomic mass is 10.1. The fraction of sp³-hybridized carbons (Fsp3) is 0.267. The fourth-order valence-corrected chi connectivity index (χ4v) is 2.93. The standard InChI is InChI=1S/C15H18N6S/c1-20(2)13(12-4-7-22-11-12)8-17-14-9-16-10-15(19-14)21-6-3-5-18-21/h3-7,9-11,13H,8H2,1-2H3,(H,17,19)/t13-/m1/s1. The third-order valence-electron chi connectivity index (χ3n) is 3.39. The second-order valence-electron chi connectivity index (χ2n) is 5.13. The van der Waals surface area contributed by atoms with Crippen LogP contribution >= 0.6 is 11.3 Å². The van der Waals surface area contributed by atoms with Crippen LogP contribution in [0.5, 0.6) is 0 Å². The van der Waals surface area contributed by atoms with Gasteiger partial charge >= 0.3 is 0 Å². The molecule has 1 N–H and O–H groups in total. The van der Waals surface area contributed by atoms with Crippen LogP contribution in [0.25, 0.3) is 5.82 Å². The molecule has 7 heteroatoms. The van der Waals surface area contributed by atoms with E-state index in [1.165, 1.54) is 5.56 Å². The van der Waals surface area contributed by atoms with Gasteiger partial charge in [-0.15, -0.1) is 0 Å². The summed E-state index contributed by atoms with van der Waals surface area (Å²) in [6.07, 6.45) is 7.00. The van der Waals surface area contributed by atoms with Crippen molar-refractivity contribution >= 4 is 17.2 Å². The van der Waals surface area contributed by atoms with Gasteiger partial charge in [-0.1, -0.05) is 0 Å². The van der Waals surface area contributed by atoms with Gasteiger partial charge in [0, 0.05) is 18.9 Å². The molecule has 0 aliphatic carbocycles. The predicted molar refractivity (Wildman–Crippen MR) is 88.4 cm³/mol. The lowest BCUT2D eigenvalue weighted by Gasteiger charge is -2.24. The van der Waals surface area contributed by atoms with Crippen molar-refractivity contribution in [3.05, 3.63) is 53.2 Å². The summed E-state index contributed by atoms with van der Waals surface area (Å²) in [6, 6.07) is 4.31. The molecule has 3 aromatic rings. The molecule has 3 rings (SSSR count). The lowest BCUT2D eigenvalue weighted by Crippen LogP contribution is -2.26. The number of nitrogens with zero attached hydrogens (tertiary/aromatic N) is 5. The van der Waals surface area contributed by atoms with Gasteiger partial charge in [-0.3, -0.25) is 4.98 Å². The smallest absolute Gasteiger partial charge is 0.173 e. The quantitative estimate of drug-likeness (QED) is 0.757. The van der Waals surface area contributed by atoms with E-state index in [1.54, 1.807) is 34.6 Å². The summed E-state index contributed by atoms with van der Waals surface area (Å²) >= 11 is 1.71. The molecule has 0 bridgehead atoms. The molecule has 0 aliphatic heterocycles. The number of rotatable bonds is 6. The first-order valence-electron chi connectivity index (χ1n) is 6.98. The van der Waals surface area contributed by atoms with Gasteiger partial charge in [0.2, 0.25) is 0 Å². The summed E-state index contributed by atoms with van der Waals surface area (Å²) in [5.41, 5.74) is 1.30. The van der Waals surface area contributed by atoms with Crippen LogP contribution in [0.1, 0.15) is 11.6 Å². The van der Waals surface area contributed by atoms with Gasteiger partial charge in [0.05, 0.1) is 18.4 Å². The Morgan fingerprint density at radius 1 is 1.36 bits per heavy atom. The summed E-state index contributed by atoms with van der Waals surface area (Å²) in [7, 11) is 4.16. The molecular formula is C15H18N6S. The molecule has 0 aromatic carbocycles. The van der Waals surface area contributed by atoms with Gasteiger partial charge in [-0.05, 0) is 42.6 Å². The molecule has 0 amide bonds. The maximum atomic E-state index is 4.54. The minimum atomic E-state index is 0.293. The van der Waals surface area contributed by atoms with E-state index >= 15 is 0 Å². The van der Waals surface area contributed by atoms with Crippen LogP contribution in [0.4, 0.5) is 5.82 Å². The first-order chi connectivity index (χ1) is 10.7. The number of likely N-dealkylation sites (N-methyl/N-ethyl adjacent to an activating group) is 1. The van der Waals surface area contributed by atoms with Crippen LogP contribution in [0.2, 0.25) is 0 Å². The molecule has 0 radical (unpaired) electrons. The Hall–Kier alpha value is -2.25. The minimum absolute atomic E-state index is 0.293. The zero-order chi connectivity index (χ0) is 15.4. The molecular weight excluding hydrogens is 296 g/mol. The summed E-state index contributed by atoms with van der Waals surface area (Å²) in [4.78, 5) is 11.0. The molecule has 6 nitrogen and oxygen atoms in total. The first-order valence-corrected chi connectivity index (χ1v) is 7.93. The molecule has 3 aromatic heterocycles. The van der Waals surface area contributed by atoms with Gasteiger partial charge in [-0.25, -0.2) is 9.67 Å². The highest BCUT2D eigenvalue weighted by Gasteiger charge is 2.14. The highest BCUT2D eigenvalue weighted by atomic mass is 32.1. The number of hydrogen-bond acceptors (Lipinski definition) is 6. The average molecular weight is 314 g/mol. The second-order valence-corrected chi connectivity index (χ2v) is 5.91. The molecule has 0 unspecified atom stereocenters. The van der Waals surface area contributed by atoms with E-state index in [0.717, 1.165) is 12.4 Å². The van der Waals surface area contributed by atoms with E-state index in [0.29, 0.717) is 11.9 Å². The maximum absolute atomic E-state index is 4.54. The van der Waals surface area contributed by atoms with Crippen molar-refractivity contribution in [2.75, 3.05) is 26.0 Å². The summed E-state index contributed by atoms with van der Waals surface area (Å²) < 4.78 is 1.69. The molecule has 1 atom stereocenters. The maximum Gasteiger partial charge on any atom is 0.173 e. The number of aromatic nitrogens is 4. The largest absolute Gasteiger partial charge is 0.367 e. The first kappa shape index (κ1) is 14.7. The van der Waals surface area contributed by atoms with Gasteiger partial charge in [0.25, 0.3) is 0 Å². The van der Waals surface area contributed by atoms with Crippen LogP contribution in [-0.4, -0.2) is 45.3 Å². The Morgan fingerprint density at radius 3 is 2.95 bits per heavy atom. The zero-order valence-corrected chi connectivity index (χ0v) is 13.4. The third kappa shape index (κ3) is 3.32.